The first-order valence-corrected chi connectivity index (χ1v) is 6.77. The lowest BCUT2D eigenvalue weighted by molar-refractivity contribution is 0.590. The Morgan fingerprint density at radius 3 is 2.53 bits per heavy atom. The molecule has 0 bridgehead atoms. The fourth-order valence-electron chi connectivity index (χ4n) is 2.31. The van der Waals surface area contributed by atoms with E-state index in [-0.39, 0.29) is 5.41 Å². The topological polar surface area (TPSA) is 54.7 Å². The van der Waals surface area contributed by atoms with E-state index in [1.54, 1.807) is 0 Å². The molecule has 0 fully saturated rings. The predicted molar refractivity (Wildman–Crippen MR) is 80.2 cm³/mol. The number of aryl methyl sites for hydroxylation is 1. The van der Waals surface area contributed by atoms with Gasteiger partial charge in [0.05, 0.1) is 6.20 Å². The van der Waals surface area contributed by atoms with Crippen LogP contribution in [0, 0.1) is 6.92 Å². The van der Waals surface area contributed by atoms with Gasteiger partial charge in [0.2, 0.25) is 0 Å². The first-order valence-electron chi connectivity index (χ1n) is 6.77. The van der Waals surface area contributed by atoms with Crippen molar-refractivity contribution >= 4 is 0 Å². The Kier molecular flexibility index (Phi) is 3.76. The molecule has 0 spiro atoms. The number of nitrogens with one attached hydrogen (secondary N) is 1. The zero-order valence-corrected chi connectivity index (χ0v) is 12.2. The standard InChI is InChI=1S/C16H23N3/c1-11-9-12(16(2,3)4)5-6-13(11)14-10-18-19-15(14)7-8-17/h5-6,9-10H,7-8,17H2,1-4H3,(H,18,19). The number of H-pyrrole nitrogens is 1. The summed E-state index contributed by atoms with van der Waals surface area (Å²) in [6.45, 7) is 9.50. The largest absolute Gasteiger partial charge is 0.330 e. The minimum atomic E-state index is 0.180. The molecule has 0 atom stereocenters. The molecular weight excluding hydrogens is 234 g/mol. The molecule has 0 aliphatic heterocycles. The van der Waals surface area contributed by atoms with Gasteiger partial charge in [0.25, 0.3) is 0 Å². The van der Waals surface area contributed by atoms with Crippen molar-refractivity contribution in [1.82, 2.24) is 10.2 Å². The van der Waals surface area contributed by atoms with Crippen LogP contribution in [0.25, 0.3) is 11.1 Å². The fraction of sp³-hybridized carbons (Fsp3) is 0.438. The number of hydrogen-bond donors (Lipinski definition) is 2. The molecule has 3 nitrogen and oxygen atoms in total. The van der Waals surface area contributed by atoms with E-state index in [0.29, 0.717) is 6.54 Å². The van der Waals surface area contributed by atoms with Gasteiger partial charge in [-0.1, -0.05) is 39.0 Å². The average Bonchev–Trinajstić information content (AvgIpc) is 2.76. The van der Waals surface area contributed by atoms with Crippen LogP contribution in [0.2, 0.25) is 0 Å². The van der Waals surface area contributed by atoms with Crippen LogP contribution in [0.1, 0.15) is 37.6 Å². The summed E-state index contributed by atoms with van der Waals surface area (Å²) in [4.78, 5) is 0. The van der Waals surface area contributed by atoms with Gasteiger partial charge in [-0.05, 0) is 35.6 Å². The second-order valence-corrected chi connectivity index (χ2v) is 6.08. The van der Waals surface area contributed by atoms with E-state index >= 15 is 0 Å². The van der Waals surface area contributed by atoms with Gasteiger partial charge in [-0.2, -0.15) is 5.10 Å². The molecule has 0 saturated carbocycles. The number of aromatic amines is 1. The van der Waals surface area contributed by atoms with E-state index in [1.165, 1.54) is 22.3 Å². The van der Waals surface area contributed by atoms with Crippen molar-refractivity contribution in [1.29, 1.82) is 0 Å². The van der Waals surface area contributed by atoms with Crippen molar-refractivity contribution in [2.45, 2.75) is 39.5 Å². The maximum atomic E-state index is 5.64. The van der Waals surface area contributed by atoms with Crippen LogP contribution in [-0.2, 0) is 11.8 Å². The number of benzene rings is 1. The van der Waals surface area contributed by atoms with E-state index in [9.17, 15) is 0 Å². The molecule has 1 aromatic carbocycles. The number of nitrogens with zero attached hydrogens (tertiary/aromatic N) is 1. The molecule has 1 aromatic heterocycles. The SMILES string of the molecule is Cc1cc(C(C)(C)C)ccc1-c1cn[nH]c1CCN. The molecule has 2 aromatic rings. The third-order valence-corrected chi connectivity index (χ3v) is 3.50. The first kappa shape index (κ1) is 13.8. The molecule has 0 aliphatic rings. The molecule has 0 saturated heterocycles. The minimum Gasteiger partial charge on any atom is -0.330 e. The molecule has 0 amide bonds. The van der Waals surface area contributed by atoms with Crippen molar-refractivity contribution in [2.75, 3.05) is 6.54 Å². The predicted octanol–water partition coefficient (Wildman–Crippen LogP) is 3.18. The highest BCUT2D eigenvalue weighted by atomic mass is 15.1. The number of hydrogen-bond acceptors (Lipinski definition) is 2. The van der Waals surface area contributed by atoms with E-state index in [1.807, 2.05) is 6.20 Å². The summed E-state index contributed by atoms with van der Waals surface area (Å²) >= 11 is 0. The van der Waals surface area contributed by atoms with Gasteiger partial charge < -0.3 is 5.73 Å². The van der Waals surface area contributed by atoms with Gasteiger partial charge in [0.15, 0.2) is 0 Å². The van der Waals surface area contributed by atoms with Crippen LogP contribution in [0.4, 0.5) is 0 Å². The third kappa shape index (κ3) is 2.87. The summed E-state index contributed by atoms with van der Waals surface area (Å²) in [5.41, 5.74) is 12.0. The summed E-state index contributed by atoms with van der Waals surface area (Å²) in [6.07, 6.45) is 2.72. The maximum absolute atomic E-state index is 5.64. The van der Waals surface area contributed by atoms with Crippen LogP contribution in [-0.4, -0.2) is 16.7 Å². The Bertz CT molecular complexity index is 562. The maximum Gasteiger partial charge on any atom is 0.0568 e. The Balaban J connectivity index is 2.44. The van der Waals surface area contributed by atoms with Gasteiger partial charge >= 0.3 is 0 Å². The first-order chi connectivity index (χ1) is 8.93. The van der Waals surface area contributed by atoms with Crippen molar-refractivity contribution in [2.24, 2.45) is 5.73 Å². The smallest absolute Gasteiger partial charge is 0.0568 e. The van der Waals surface area contributed by atoms with Crippen molar-refractivity contribution in [3.8, 4) is 11.1 Å². The zero-order valence-electron chi connectivity index (χ0n) is 12.2. The van der Waals surface area contributed by atoms with Crippen LogP contribution in [0.3, 0.4) is 0 Å². The highest BCUT2D eigenvalue weighted by Crippen LogP contribution is 2.30. The molecule has 2 rings (SSSR count). The highest BCUT2D eigenvalue weighted by molar-refractivity contribution is 5.69. The van der Waals surface area contributed by atoms with E-state index in [0.717, 1.165) is 12.1 Å². The summed E-state index contributed by atoms with van der Waals surface area (Å²) in [7, 11) is 0. The van der Waals surface area contributed by atoms with Gasteiger partial charge in [0, 0.05) is 17.7 Å². The third-order valence-electron chi connectivity index (χ3n) is 3.50. The Hall–Kier alpha value is -1.61. The normalized spacial score (nSPS) is 11.8. The minimum absolute atomic E-state index is 0.180. The van der Waals surface area contributed by atoms with Crippen molar-refractivity contribution in [3.05, 3.63) is 41.2 Å². The van der Waals surface area contributed by atoms with E-state index in [2.05, 4.69) is 56.1 Å². The van der Waals surface area contributed by atoms with Gasteiger partial charge in [0.1, 0.15) is 0 Å². The molecule has 1 heterocycles. The summed E-state index contributed by atoms with van der Waals surface area (Å²) in [5, 5.41) is 7.20. The average molecular weight is 257 g/mol. The molecule has 0 aliphatic carbocycles. The molecule has 19 heavy (non-hydrogen) atoms. The number of nitrogens with two attached hydrogens (primary N) is 1. The summed E-state index contributed by atoms with van der Waals surface area (Å²) in [6, 6.07) is 6.68. The highest BCUT2D eigenvalue weighted by Gasteiger charge is 2.16. The van der Waals surface area contributed by atoms with Crippen molar-refractivity contribution in [3.63, 3.8) is 0 Å². The number of aromatic nitrogens is 2. The molecule has 3 N–H and O–H groups in total. The lowest BCUT2D eigenvalue weighted by Gasteiger charge is -2.20. The fourth-order valence-corrected chi connectivity index (χ4v) is 2.31. The summed E-state index contributed by atoms with van der Waals surface area (Å²) in [5.74, 6) is 0. The van der Waals surface area contributed by atoms with Crippen LogP contribution in [0.5, 0.6) is 0 Å². The second-order valence-electron chi connectivity index (χ2n) is 6.08. The summed E-state index contributed by atoms with van der Waals surface area (Å²) < 4.78 is 0. The lowest BCUT2D eigenvalue weighted by Crippen LogP contribution is -2.11. The lowest BCUT2D eigenvalue weighted by atomic mass is 9.84. The molecule has 0 radical (unpaired) electrons. The van der Waals surface area contributed by atoms with E-state index < -0.39 is 0 Å². The number of rotatable bonds is 3. The Labute approximate surface area is 115 Å². The van der Waals surface area contributed by atoms with Crippen LogP contribution < -0.4 is 5.73 Å². The van der Waals surface area contributed by atoms with Gasteiger partial charge in [-0.15, -0.1) is 0 Å². The van der Waals surface area contributed by atoms with Crippen LogP contribution >= 0.6 is 0 Å². The van der Waals surface area contributed by atoms with Crippen LogP contribution in [0.15, 0.2) is 24.4 Å². The molecule has 0 unspecified atom stereocenters. The molecule has 102 valence electrons. The molecular formula is C16H23N3. The Morgan fingerprint density at radius 1 is 1.21 bits per heavy atom. The van der Waals surface area contributed by atoms with Gasteiger partial charge in [-0.25, -0.2) is 0 Å². The quantitative estimate of drug-likeness (QED) is 0.887. The zero-order chi connectivity index (χ0) is 14.0. The van der Waals surface area contributed by atoms with E-state index in [4.69, 9.17) is 5.73 Å². The second kappa shape index (κ2) is 5.17. The molecule has 3 heteroatoms. The van der Waals surface area contributed by atoms with Gasteiger partial charge in [-0.3, -0.25) is 5.10 Å². The van der Waals surface area contributed by atoms with Crippen molar-refractivity contribution < 1.29 is 0 Å². The monoisotopic (exact) mass is 257 g/mol. The Morgan fingerprint density at radius 2 is 1.95 bits per heavy atom.